The van der Waals surface area contributed by atoms with E-state index in [1.807, 2.05) is 28.7 Å². The number of H-pyrrole nitrogens is 1. The van der Waals surface area contributed by atoms with Crippen molar-refractivity contribution in [3.05, 3.63) is 47.0 Å². The molecular formula is C25H32N6OS. The number of aryl methyl sites for hydroxylation is 3. The number of likely N-dealkylation sites (tertiary alicyclic amines) is 1. The van der Waals surface area contributed by atoms with Gasteiger partial charge in [-0.25, -0.2) is 9.71 Å². The quantitative estimate of drug-likeness (QED) is 0.504. The molecule has 0 radical (unpaired) electrons. The second-order valence-electron chi connectivity index (χ2n) is 9.13. The fraction of sp³-hybridized carbons (Fsp3) is 0.480. The molecular weight excluding hydrogens is 432 g/mol. The van der Waals surface area contributed by atoms with Crippen LogP contribution in [0.3, 0.4) is 0 Å². The van der Waals surface area contributed by atoms with E-state index in [2.05, 4.69) is 42.6 Å². The number of aromatic nitrogens is 3. The smallest absolute Gasteiger partial charge is 0.240 e. The second-order valence-corrected chi connectivity index (χ2v) is 9.98. The molecule has 3 aromatic rings. The highest BCUT2D eigenvalue weighted by Crippen LogP contribution is 2.31. The first kappa shape index (κ1) is 23.4. The van der Waals surface area contributed by atoms with Crippen molar-refractivity contribution in [2.75, 3.05) is 13.1 Å². The Morgan fingerprint density at radius 3 is 2.85 bits per heavy atom. The van der Waals surface area contributed by atoms with Crippen molar-refractivity contribution in [1.29, 1.82) is 5.26 Å². The number of nitriles is 1. The van der Waals surface area contributed by atoms with E-state index in [1.165, 1.54) is 23.1 Å². The van der Waals surface area contributed by atoms with Gasteiger partial charge in [0, 0.05) is 25.8 Å². The molecule has 1 aliphatic rings. The monoisotopic (exact) mass is 464 g/mol. The van der Waals surface area contributed by atoms with E-state index < -0.39 is 0 Å². The number of benzene rings is 1. The van der Waals surface area contributed by atoms with Gasteiger partial charge in [0.2, 0.25) is 5.91 Å². The molecule has 8 heteroatoms. The molecule has 7 nitrogen and oxygen atoms in total. The van der Waals surface area contributed by atoms with Crippen LogP contribution in [0.1, 0.15) is 48.8 Å². The maximum Gasteiger partial charge on any atom is 0.240 e. The van der Waals surface area contributed by atoms with E-state index in [9.17, 15) is 10.1 Å². The molecule has 4 rings (SSSR count). The number of carbonyl (C=O) groups excluding carboxylic acids is 1. The van der Waals surface area contributed by atoms with Crippen LogP contribution in [0.2, 0.25) is 0 Å². The lowest BCUT2D eigenvalue weighted by atomic mass is 9.98. The van der Waals surface area contributed by atoms with Crippen LogP contribution in [0.25, 0.3) is 11.0 Å². The van der Waals surface area contributed by atoms with Crippen LogP contribution in [0.15, 0.2) is 29.3 Å². The first-order chi connectivity index (χ1) is 15.9. The molecule has 1 saturated heterocycles. The standard InChI is InChI=1S/C25H32N6OS/c1-16-7-11-31(12-8-16)25(32)21(9-13-30-10-5-6-20(30)15-26)29-33-24-18(3)17(2)14-22-23(24)28-19(4)27-22/h5-6,10,14,16,21,29H,7-9,11-13H2,1-4H3,(H,27,28). The van der Waals surface area contributed by atoms with Gasteiger partial charge in [0.1, 0.15) is 23.1 Å². The van der Waals surface area contributed by atoms with Gasteiger partial charge < -0.3 is 14.5 Å². The van der Waals surface area contributed by atoms with Crippen molar-refractivity contribution in [2.24, 2.45) is 5.92 Å². The number of hydrogen-bond acceptors (Lipinski definition) is 5. The molecule has 174 valence electrons. The number of carbonyl (C=O) groups is 1. The summed E-state index contributed by atoms with van der Waals surface area (Å²) in [7, 11) is 0. The molecule has 1 aromatic carbocycles. The summed E-state index contributed by atoms with van der Waals surface area (Å²) >= 11 is 1.50. The Balaban J connectivity index is 1.55. The first-order valence-electron chi connectivity index (χ1n) is 11.6. The van der Waals surface area contributed by atoms with Crippen molar-refractivity contribution in [2.45, 2.75) is 64.4 Å². The van der Waals surface area contributed by atoms with Crippen LogP contribution in [-0.2, 0) is 11.3 Å². The number of imidazole rings is 1. The molecule has 2 aromatic heterocycles. The average molecular weight is 465 g/mol. The van der Waals surface area contributed by atoms with Gasteiger partial charge in [0.15, 0.2) is 0 Å². The summed E-state index contributed by atoms with van der Waals surface area (Å²) in [5, 5.41) is 9.35. The van der Waals surface area contributed by atoms with Gasteiger partial charge in [-0.15, -0.1) is 0 Å². The predicted octanol–water partition coefficient (Wildman–Crippen LogP) is 4.48. The number of nitrogens with zero attached hydrogens (tertiary/aromatic N) is 4. The van der Waals surface area contributed by atoms with Gasteiger partial charge in [-0.05, 0) is 87.2 Å². The number of fused-ring (bicyclic) bond motifs is 1. The lowest BCUT2D eigenvalue weighted by Gasteiger charge is -2.33. The van der Waals surface area contributed by atoms with Crippen LogP contribution in [0.5, 0.6) is 0 Å². The molecule has 1 fully saturated rings. The molecule has 0 aliphatic carbocycles. The Kier molecular flexibility index (Phi) is 7.11. The van der Waals surface area contributed by atoms with Crippen LogP contribution in [-0.4, -0.2) is 44.5 Å². The molecule has 2 N–H and O–H groups in total. The topological polar surface area (TPSA) is 89.7 Å². The summed E-state index contributed by atoms with van der Waals surface area (Å²) in [6.45, 7) is 10.6. The third-order valence-corrected chi connectivity index (χ3v) is 7.76. The summed E-state index contributed by atoms with van der Waals surface area (Å²) < 4.78 is 5.40. The maximum atomic E-state index is 13.5. The van der Waals surface area contributed by atoms with Crippen LogP contribution < -0.4 is 4.72 Å². The van der Waals surface area contributed by atoms with Gasteiger partial charge in [-0.3, -0.25) is 4.79 Å². The fourth-order valence-corrected chi connectivity index (χ4v) is 5.43. The van der Waals surface area contributed by atoms with Crippen molar-refractivity contribution in [3.63, 3.8) is 0 Å². The molecule has 1 atom stereocenters. The Hall–Kier alpha value is -2.76. The Bertz CT molecular complexity index is 1180. The molecule has 1 aliphatic heterocycles. The normalized spacial score (nSPS) is 15.7. The van der Waals surface area contributed by atoms with E-state index in [1.54, 1.807) is 6.07 Å². The molecule has 0 bridgehead atoms. The number of rotatable bonds is 7. The number of hydrogen-bond donors (Lipinski definition) is 2. The summed E-state index contributed by atoms with van der Waals surface area (Å²) in [6, 6.07) is 7.67. The van der Waals surface area contributed by atoms with Crippen molar-refractivity contribution in [1.82, 2.24) is 24.2 Å². The third kappa shape index (κ3) is 5.10. The van der Waals surface area contributed by atoms with Crippen LogP contribution in [0.4, 0.5) is 0 Å². The number of piperidine rings is 1. The lowest BCUT2D eigenvalue weighted by molar-refractivity contribution is -0.134. The average Bonchev–Trinajstić information content (AvgIpc) is 3.41. The first-order valence-corrected chi connectivity index (χ1v) is 12.4. The molecule has 0 spiro atoms. The predicted molar refractivity (Wildman–Crippen MR) is 132 cm³/mol. The minimum Gasteiger partial charge on any atom is -0.342 e. The van der Waals surface area contributed by atoms with Gasteiger partial charge >= 0.3 is 0 Å². The minimum atomic E-state index is -0.354. The summed E-state index contributed by atoms with van der Waals surface area (Å²) in [5.41, 5.74) is 4.92. The highest BCUT2D eigenvalue weighted by atomic mass is 32.2. The van der Waals surface area contributed by atoms with Crippen LogP contribution in [0, 0.1) is 38.0 Å². The summed E-state index contributed by atoms with van der Waals surface area (Å²) in [4.78, 5) is 24.6. The highest BCUT2D eigenvalue weighted by molar-refractivity contribution is 7.97. The van der Waals surface area contributed by atoms with Crippen LogP contribution >= 0.6 is 11.9 Å². The van der Waals surface area contributed by atoms with E-state index in [0.717, 1.165) is 47.7 Å². The van der Waals surface area contributed by atoms with Crippen molar-refractivity contribution < 1.29 is 4.79 Å². The zero-order valence-electron chi connectivity index (χ0n) is 19.8. The molecule has 0 saturated carbocycles. The number of nitrogens with one attached hydrogen (secondary N) is 2. The zero-order valence-corrected chi connectivity index (χ0v) is 20.6. The summed E-state index contributed by atoms with van der Waals surface area (Å²) in [6.07, 6.45) is 4.60. The van der Waals surface area contributed by atoms with E-state index in [4.69, 9.17) is 4.98 Å². The van der Waals surface area contributed by atoms with E-state index in [0.29, 0.717) is 24.6 Å². The lowest BCUT2D eigenvalue weighted by Crippen LogP contribution is -2.47. The summed E-state index contributed by atoms with van der Waals surface area (Å²) in [5.74, 6) is 1.68. The van der Waals surface area contributed by atoms with E-state index in [-0.39, 0.29) is 11.9 Å². The highest BCUT2D eigenvalue weighted by Gasteiger charge is 2.28. The van der Waals surface area contributed by atoms with Gasteiger partial charge in [-0.1, -0.05) is 6.92 Å². The second kappa shape index (κ2) is 10.0. The molecule has 1 amide bonds. The van der Waals surface area contributed by atoms with Gasteiger partial charge in [-0.2, -0.15) is 5.26 Å². The Morgan fingerprint density at radius 1 is 1.36 bits per heavy atom. The van der Waals surface area contributed by atoms with Crippen molar-refractivity contribution >= 4 is 28.9 Å². The van der Waals surface area contributed by atoms with Crippen molar-refractivity contribution in [3.8, 4) is 6.07 Å². The van der Waals surface area contributed by atoms with E-state index >= 15 is 0 Å². The molecule has 33 heavy (non-hydrogen) atoms. The molecule has 3 heterocycles. The number of aromatic amines is 1. The Morgan fingerprint density at radius 2 is 2.12 bits per heavy atom. The fourth-order valence-electron chi connectivity index (χ4n) is 4.38. The maximum absolute atomic E-state index is 13.5. The third-order valence-electron chi connectivity index (χ3n) is 6.66. The Labute approximate surface area is 199 Å². The zero-order chi connectivity index (χ0) is 23.5. The SMILES string of the molecule is Cc1nc2c(SNC(CCn3cccc3C#N)C(=O)N3CCC(C)CC3)c(C)c(C)cc2[nH]1. The molecule has 1 unspecified atom stereocenters. The van der Waals surface area contributed by atoms with Gasteiger partial charge in [0.05, 0.1) is 16.5 Å². The largest absolute Gasteiger partial charge is 0.342 e. The minimum absolute atomic E-state index is 0.139. The van der Waals surface area contributed by atoms with Gasteiger partial charge in [0.25, 0.3) is 0 Å². The number of amides is 1.